The predicted molar refractivity (Wildman–Crippen MR) is 127 cm³/mol. The highest BCUT2D eigenvalue weighted by atomic mass is 32.2. The van der Waals surface area contributed by atoms with E-state index in [9.17, 15) is 18.0 Å². The van der Waals surface area contributed by atoms with E-state index in [1.165, 1.54) is 18.2 Å². The van der Waals surface area contributed by atoms with Gasteiger partial charge in [-0.15, -0.1) is 0 Å². The highest BCUT2D eigenvalue weighted by molar-refractivity contribution is 7.89. The van der Waals surface area contributed by atoms with Crippen molar-refractivity contribution < 1.29 is 22.4 Å². The third-order valence-electron chi connectivity index (χ3n) is 5.37. The molecule has 0 saturated carbocycles. The molecule has 2 aromatic carbocycles. The summed E-state index contributed by atoms with van der Waals surface area (Å²) in [6.45, 7) is 7.40. The normalized spacial score (nSPS) is 12.6. The van der Waals surface area contributed by atoms with Crippen LogP contribution < -0.4 is 15.1 Å². The Kier molecular flexibility index (Phi) is 7.71. The van der Waals surface area contributed by atoms with Crippen LogP contribution in [0.2, 0.25) is 0 Å². The Bertz CT molecular complexity index is 1310. The molecule has 176 valence electrons. The number of ether oxygens (including phenoxy) is 1. The fourth-order valence-corrected chi connectivity index (χ4v) is 4.83. The van der Waals surface area contributed by atoms with Gasteiger partial charge < -0.3 is 9.15 Å². The molecule has 0 amide bonds. The summed E-state index contributed by atoms with van der Waals surface area (Å²) in [5.74, 6) is -0.481. The van der Waals surface area contributed by atoms with Gasteiger partial charge in [-0.3, -0.25) is 0 Å². The van der Waals surface area contributed by atoms with Gasteiger partial charge in [0.1, 0.15) is 17.4 Å². The monoisotopic (exact) mass is 471 g/mol. The van der Waals surface area contributed by atoms with Gasteiger partial charge in [0, 0.05) is 6.07 Å². The van der Waals surface area contributed by atoms with Crippen LogP contribution in [0.25, 0.3) is 11.0 Å². The number of sulfonamides is 1. The highest BCUT2D eigenvalue weighted by Crippen LogP contribution is 2.31. The van der Waals surface area contributed by atoms with Crippen LogP contribution in [-0.2, 0) is 21.2 Å². The van der Waals surface area contributed by atoms with Crippen LogP contribution in [0.4, 0.5) is 0 Å². The Morgan fingerprint density at radius 1 is 1.06 bits per heavy atom. The van der Waals surface area contributed by atoms with Crippen molar-refractivity contribution in [1.29, 1.82) is 0 Å². The molecule has 1 aromatic heterocycles. The molecule has 1 N–H and O–H groups in total. The highest BCUT2D eigenvalue weighted by Gasteiger charge is 2.27. The van der Waals surface area contributed by atoms with Gasteiger partial charge in [-0.1, -0.05) is 38.0 Å². The van der Waals surface area contributed by atoms with E-state index in [0.717, 1.165) is 29.5 Å². The molecule has 3 rings (SSSR count). The molecule has 0 aliphatic rings. The second-order valence-corrected chi connectivity index (χ2v) is 9.86. The number of nitrogens with one attached hydrogen (secondary N) is 1. The molecule has 7 nitrogen and oxygen atoms in total. The number of carbonyl (C=O) groups excluding carboxylic acids is 1. The van der Waals surface area contributed by atoms with Crippen molar-refractivity contribution in [1.82, 2.24) is 4.72 Å². The molecule has 8 heteroatoms. The summed E-state index contributed by atoms with van der Waals surface area (Å²) >= 11 is 0. The Morgan fingerprint density at radius 2 is 1.76 bits per heavy atom. The van der Waals surface area contributed by atoms with E-state index >= 15 is 0 Å². The SMILES string of the molecule is CCCCc1cc(=O)oc2cc(C)cc(OC(=O)[C@@H](CC)NS(=O)(=O)c3ccc(C)cc3)c12. The molecule has 0 aliphatic carbocycles. The van der Waals surface area contributed by atoms with Gasteiger partial charge in [-0.05, 0) is 68.5 Å². The summed E-state index contributed by atoms with van der Waals surface area (Å²) in [6, 6.07) is 10.1. The Labute approximate surface area is 193 Å². The maximum absolute atomic E-state index is 13.0. The lowest BCUT2D eigenvalue weighted by Crippen LogP contribution is -2.42. The smallest absolute Gasteiger partial charge is 0.336 e. The molecule has 0 fully saturated rings. The molecular formula is C25H29NO6S. The Hall–Kier alpha value is -2.97. The zero-order valence-electron chi connectivity index (χ0n) is 19.3. The number of fused-ring (bicyclic) bond motifs is 1. The predicted octanol–water partition coefficient (Wildman–Crippen LogP) is 4.41. The standard InChI is InChI=1S/C25H29NO6S/c1-5-7-8-18-15-23(27)31-21-13-17(4)14-22(24(18)21)32-25(28)20(6-2)26-33(29,30)19-11-9-16(3)10-12-19/h9-15,20,26H,5-8H2,1-4H3/t20-/m1/s1. The van der Waals surface area contributed by atoms with Crippen LogP contribution in [0.1, 0.15) is 49.8 Å². The molecule has 0 aliphatic heterocycles. The summed E-state index contributed by atoms with van der Waals surface area (Å²) in [4.78, 5) is 25.1. The first-order chi connectivity index (χ1) is 15.6. The quantitative estimate of drug-likeness (QED) is 0.282. The van der Waals surface area contributed by atoms with Crippen molar-refractivity contribution in [3.8, 4) is 5.75 Å². The average Bonchev–Trinajstić information content (AvgIpc) is 2.75. The Balaban J connectivity index is 1.94. The number of esters is 1. The molecule has 1 atom stereocenters. The van der Waals surface area contributed by atoms with Crippen LogP contribution in [0.5, 0.6) is 5.75 Å². The summed E-state index contributed by atoms with van der Waals surface area (Å²) in [5, 5.41) is 0.554. The van der Waals surface area contributed by atoms with Crippen LogP contribution in [0, 0.1) is 13.8 Å². The molecule has 0 bridgehead atoms. The lowest BCUT2D eigenvalue weighted by molar-refractivity contribution is -0.136. The van der Waals surface area contributed by atoms with Gasteiger partial charge in [0.25, 0.3) is 0 Å². The summed E-state index contributed by atoms with van der Waals surface area (Å²) in [5.41, 5.74) is 2.28. The van der Waals surface area contributed by atoms with Crippen LogP contribution in [0.15, 0.2) is 56.6 Å². The van der Waals surface area contributed by atoms with Crippen LogP contribution in [-0.4, -0.2) is 20.4 Å². The van der Waals surface area contributed by atoms with E-state index in [-0.39, 0.29) is 17.1 Å². The fraction of sp³-hybridized carbons (Fsp3) is 0.360. The first kappa shape index (κ1) is 24.7. The molecule has 33 heavy (non-hydrogen) atoms. The second-order valence-electron chi connectivity index (χ2n) is 8.15. The number of hydrogen-bond donors (Lipinski definition) is 1. The lowest BCUT2D eigenvalue weighted by Gasteiger charge is -2.18. The van der Waals surface area contributed by atoms with Gasteiger partial charge in [0.05, 0.1) is 10.3 Å². The van der Waals surface area contributed by atoms with Crippen molar-refractivity contribution in [2.24, 2.45) is 0 Å². The molecule has 0 radical (unpaired) electrons. The number of carbonyl (C=O) groups is 1. The van der Waals surface area contributed by atoms with Crippen molar-refractivity contribution in [2.45, 2.75) is 64.3 Å². The van der Waals surface area contributed by atoms with Gasteiger partial charge >= 0.3 is 11.6 Å². The van der Waals surface area contributed by atoms with Gasteiger partial charge in [-0.25, -0.2) is 18.0 Å². The van der Waals surface area contributed by atoms with E-state index in [4.69, 9.17) is 9.15 Å². The topological polar surface area (TPSA) is 103 Å². The van der Waals surface area contributed by atoms with Crippen molar-refractivity contribution in [3.63, 3.8) is 0 Å². The zero-order chi connectivity index (χ0) is 24.2. The van der Waals surface area contributed by atoms with E-state index in [2.05, 4.69) is 4.72 Å². The van der Waals surface area contributed by atoms with Gasteiger partial charge in [0.2, 0.25) is 10.0 Å². The number of benzene rings is 2. The average molecular weight is 472 g/mol. The number of unbranched alkanes of at least 4 members (excludes halogenated alkanes) is 1. The Morgan fingerprint density at radius 3 is 2.39 bits per heavy atom. The number of rotatable bonds is 9. The van der Waals surface area contributed by atoms with Gasteiger partial charge in [0.15, 0.2) is 0 Å². The van der Waals surface area contributed by atoms with E-state index in [1.54, 1.807) is 38.1 Å². The van der Waals surface area contributed by atoms with E-state index in [0.29, 0.717) is 17.4 Å². The molecule has 0 spiro atoms. The summed E-state index contributed by atoms with van der Waals surface area (Å²) < 4.78 is 39.1. The minimum Gasteiger partial charge on any atom is -0.425 e. The third-order valence-corrected chi connectivity index (χ3v) is 6.85. The fourth-order valence-electron chi connectivity index (χ4n) is 3.57. The molecule has 1 heterocycles. The molecular weight excluding hydrogens is 442 g/mol. The first-order valence-corrected chi connectivity index (χ1v) is 12.5. The molecule has 0 saturated heterocycles. The molecule has 0 unspecified atom stereocenters. The van der Waals surface area contributed by atoms with Crippen molar-refractivity contribution in [3.05, 3.63) is 69.6 Å². The summed E-state index contributed by atoms with van der Waals surface area (Å²) in [7, 11) is -3.91. The van der Waals surface area contributed by atoms with E-state index < -0.39 is 27.7 Å². The maximum Gasteiger partial charge on any atom is 0.336 e. The minimum atomic E-state index is -3.91. The lowest BCUT2D eigenvalue weighted by atomic mass is 10.0. The largest absolute Gasteiger partial charge is 0.425 e. The summed E-state index contributed by atoms with van der Waals surface area (Å²) in [6.07, 6.45) is 2.62. The third kappa shape index (κ3) is 5.89. The number of aryl methyl sites for hydroxylation is 3. The zero-order valence-corrected chi connectivity index (χ0v) is 20.1. The van der Waals surface area contributed by atoms with E-state index in [1.807, 2.05) is 13.8 Å². The minimum absolute atomic E-state index is 0.0731. The van der Waals surface area contributed by atoms with Crippen molar-refractivity contribution >= 4 is 27.0 Å². The van der Waals surface area contributed by atoms with Crippen molar-refractivity contribution in [2.75, 3.05) is 0 Å². The maximum atomic E-state index is 13.0. The second kappa shape index (κ2) is 10.3. The van der Waals surface area contributed by atoms with Crippen LogP contribution in [0.3, 0.4) is 0 Å². The van der Waals surface area contributed by atoms with Crippen LogP contribution >= 0.6 is 0 Å². The van der Waals surface area contributed by atoms with Gasteiger partial charge in [-0.2, -0.15) is 4.72 Å². The number of hydrogen-bond acceptors (Lipinski definition) is 6. The first-order valence-electron chi connectivity index (χ1n) is 11.0. The molecule has 3 aromatic rings.